The van der Waals surface area contributed by atoms with Crippen LogP contribution in [0, 0.1) is 20.8 Å². The molecule has 0 aliphatic heterocycles. The van der Waals surface area contributed by atoms with Crippen LogP contribution in [0.2, 0.25) is 0 Å². The lowest BCUT2D eigenvalue weighted by Crippen LogP contribution is -2.30. The summed E-state index contributed by atoms with van der Waals surface area (Å²) in [6.07, 6.45) is 3.38. The summed E-state index contributed by atoms with van der Waals surface area (Å²) in [6.45, 7) is 12.8. The molecule has 5 heteroatoms. The number of hydrogen-bond donors (Lipinski definition) is 1. The quantitative estimate of drug-likeness (QED) is 0.880. The van der Waals surface area contributed by atoms with Crippen molar-refractivity contribution in [3.8, 4) is 11.1 Å². The molecular formula is C21H27N3O2. The van der Waals surface area contributed by atoms with E-state index in [9.17, 15) is 9.59 Å². The van der Waals surface area contributed by atoms with Crippen molar-refractivity contribution in [3.63, 3.8) is 0 Å². The van der Waals surface area contributed by atoms with Gasteiger partial charge in [-0.15, -0.1) is 0 Å². The number of hydrogen-bond acceptors (Lipinski definition) is 3. The Labute approximate surface area is 155 Å². The summed E-state index contributed by atoms with van der Waals surface area (Å²) in [5, 5.41) is 2.89. The van der Waals surface area contributed by atoms with Gasteiger partial charge in [0.15, 0.2) is 0 Å². The average Bonchev–Trinajstić information content (AvgIpc) is 2.60. The number of aryl methyl sites for hydroxylation is 1. The molecule has 1 heterocycles. The summed E-state index contributed by atoms with van der Waals surface area (Å²) in [5.74, 6) is -0.125. The fourth-order valence-electron chi connectivity index (χ4n) is 3.19. The summed E-state index contributed by atoms with van der Waals surface area (Å²) in [4.78, 5) is 30.3. The Hall–Kier alpha value is -2.69. The predicted octanol–water partition coefficient (Wildman–Crippen LogP) is 4.11. The number of anilines is 1. The van der Waals surface area contributed by atoms with Gasteiger partial charge in [-0.3, -0.25) is 14.6 Å². The van der Waals surface area contributed by atoms with Gasteiger partial charge >= 0.3 is 0 Å². The largest absolute Gasteiger partial charge is 0.339 e. The molecular weight excluding hydrogens is 326 g/mol. The second-order valence-electron chi connectivity index (χ2n) is 6.49. The van der Waals surface area contributed by atoms with Crippen LogP contribution in [-0.4, -0.2) is 34.8 Å². The average molecular weight is 353 g/mol. The Morgan fingerprint density at radius 3 is 2.27 bits per heavy atom. The van der Waals surface area contributed by atoms with Crippen LogP contribution in [0.15, 0.2) is 24.5 Å². The van der Waals surface area contributed by atoms with Crippen LogP contribution in [0.4, 0.5) is 5.69 Å². The Morgan fingerprint density at radius 2 is 1.69 bits per heavy atom. The van der Waals surface area contributed by atoms with E-state index in [2.05, 4.69) is 10.3 Å². The fraction of sp³-hybridized carbons (Fsp3) is 0.381. The maximum atomic E-state index is 12.7. The van der Waals surface area contributed by atoms with Crippen molar-refractivity contribution in [3.05, 3.63) is 46.8 Å². The van der Waals surface area contributed by atoms with Gasteiger partial charge in [0.1, 0.15) is 0 Å². The van der Waals surface area contributed by atoms with Gasteiger partial charge in [0.2, 0.25) is 5.91 Å². The van der Waals surface area contributed by atoms with Crippen molar-refractivity contribution in [2.75, 3.05) is 18.4 Å². The second kappa shape index (κ2) is 8.13. The van der Waals surface area contributed by atoms with Gasteiger partial charge in [0, 0.05) is 43.7 Å². The molecule has 0 unspecified atom stereocenters. The number of benzene rings is 1. The highest BCUT2D eigenvalue weighted by Crippen LogP contribution is 2.34. The van der Waals surface area contributed by atoms with Gasteiger partial charge in [-0.25, -0.2) is 0 Å². The highest BCUT2D eigenvalue weighted by atomic mass is 16.2. The number of aromatic nitrogens is 1. The van der Waals surface area contributed by atoms with Gasteiger partial charge in [0.25, 0.3) is 5.91 Å². The lowest BCUT2D eigenvalue weighted by atomic mass is 9.91. The molecule has 0 aliphatic carbocycles. The van der Waals surface area contributed by atoms with Crippen LogP contribution in [0.1, 0.15) is 47.8 Å². The minimum Gasteiger partial charge on any atom is -0.339 e. The van der Waals surface area contributed by atoms with Crippen molar-refractivity contribution in [2.45, 2.75) is 41.5 Å². The topological polar surface area (TPSA) is 62.3 Å². The van der Waals surface area contributed by atoms with Gasteiger partial charge in [0.05, 0.1) is 5.56 Å². The maximum Gasteiger partial charge on any atom is 0.255 e. The Balaban J connectivity index is 2.58. The lowest BCUT2D eigenvalue weighted by molar-refractivity contribution is -0.114. The minimum atomic E-state index is -0.106. The summed E-state index contributed by atoms with van der Waals surface area (Å²) < 4.78 is 0. The molecule has 26 heavy (non-hydrogen) atoms. The first-order valence-electron chi connectivity index (χ1n) is 8.93. The van der Waals surface area contributed by atoms with Gasteiger partial charge in [-0.05, 0) is 69.0 Å². The molecule has 2 rings (SSSR count). The molecule has 2 amide bonds. The smallest absolute Gasteiger partial charge is 0.255 e. The van der Waals surface area contributed by atoms with E-state index in [1.165, 1.54) is 6.92 Å². The normalized spacial score (nSPS) is 10.5. The van der Waals surface area contributed by atoms with Gasteiger partial charge in [-0.2, -0.15) is 0 Å². The fourth-order valence-corrected chi connectivity index (χ4v) is 3.19. The van der Waals surface area contributed by atoms with Gasteiger partial charge in [-0.1, -0.05) is 0 Å². The van der Waals surface area contributed by atoms with Crippen molar-refractivity contribution in [1.82, 2.24) is 9.88 Å². The molecule has 2 aromatic rings. The van der Waals surface area contributed by atoms with Crippen LogP contribution in [-0.2, 0) is 4.79 Å². The Morgan fingerprint density at radius 1 is 1.04 bits per heavy atom. The molecule has 0 spiro atoms. The Bertz CT molecular complexity index is 839. The highest BCUT2D eigenvalue weighted by Gasteiger charge is 2.17. The van der Waals surface area contributed by atoms with Crippen molar-refractivity contribution in [1.29, 1.82) is 0 Å². The number of nitrogens with one attached hydrogen (secondary N) is 1. The molecule has 0 atom stereocenters. The number of rotatable bonds is 5. The first kappa shape index (κ1) is 19.6. The molecule has 1 aromatic carbocycles. The number of carbonyl (C=O) groups excluding carboxylic acids is 2. The number of amides is 2. The molecule has 0 saturated heterocycles. The number of nitrogens with zero attached hydrogens (tertiary/aromatic N) is 2. The zero-order chi connectivity index (χ0) is 19.4. The first-order valence-corrected chi connectivity index (χ1v) is 8.93. The molecule has 0 bridgehead atoms. The summed E-state index contributed by atoms with van der Waals surface area (Å²) >= 11 is 0. The van der Waals surface area contributed by atoms with Gasteiger partial charge < -0.3 is 10.2 Å². The SMILES string of the molecule is CCN(CC)C(=O)c1cncc(-c2c(C)c(C)cc(NC(C)=O)c2C)c1. The van der Waals surface area contributed by atoms with E-state index in [4.69, 9.17) is 0 Å². The number of carbonyl (C=O) groups is 2. The van der Waals surface area contributed by atoms with Crippen LogP contribution in [0.3, 0.4) is 0 Å². The first-order chi connectivity index (χ1) is 12.3. The van der Waals surface area contributed by atoms with E-state index in [0.29, 0.717) is 18.7 Å². The second-order valence-corrected chi connectivity index (χ2v) is 6.49. The summed E-state index contributed by atoms with van der Waals surface area (Å²) in [6, 6.07) is 3.87. The molecule has 1 N–H and O–H groups in total. The molecule has 0 radical (unpaired) electrons. The summed E-state index contributed by atoms with van der Waals surface area (Å²) in [7, 11) is 0. The van der Waals surface area contributed by atoms with E-state index < -0.39 is 0 Å². The van der Waals surface area contributed by atoms with Crippen LogP contribution in [0.5, 0.6) is 0 Å². The molecule has 0 fully saturated rings. The Kier molecular flexibility index (Phi) is 6.14. The van der Waals surface area contributed by atoms with E-state index in [1.807, 2.05) is 46.8 Å². The molecule has 1 aromatic heterocycles. The highest BCUT2D eigenvalue weighted by molar-refractivity contribution is 5.96. The minimum absolute atomic E-state index is 0.0191. The molecule has 138 valence electrons. The molecule has 0 aliphatic rings. The summed E-state index contributed by atoms with van der Waals surface area (Å²) in [5.41, 5.74) is 6.42. The van der Waals surface area contributed by atoms with E-state index in [0.717, 1.165) is 33.5 Å². The third kappa shape index (κ3) is 3.93. The zero-order valence-corrected chi connectivity index (χ0v) is 16.4. The van der Waals surface area contributed by atoms with Crippen molar-refractivity contribution < 1.29 is 9.59 Å². The van der Waals surface area contributed by atoms with Crippen molar-refractivity contribution >= 4 is 17.5 Å². The van der Waals surface area contributed by atoms with E-state index in [1.54, 1.807) is 17.3 Å². The maximum absolute atomic E-state index is 12.7. The number of pyridine rings is 1. The zero-order valence-electron chi connectivity index (χ0n) is 16.4. The van der Waals surface area contributed by atoms with E-state index in [-0.39, 0.29) is 11.8 Å². The third-order valence-electron chi connectivity index (χ3n) is 4.74. The standard InChI is InChI=1S/C21H27N3O2/c1-7-24(8-2)21(26)18-10-17(11-22-12-18)20-14(4)13(3)9-19(15(20)5)23-16(6)25/h9-12H,7-8H2,1-6H3,(H,23,25). The van der Waals surface area contributed by atoms with Crippen LogP contribution in [0.25, 0.3) is 11.1 Å². The van der Waals surface area contributed by atoms with E-state index >= 15 is 0 Å². The molecule has 0 saturated carbocycles. The van der Waals surface area contributed by atoms with Crippen LogP contribution >= 0.6 is 0 Å². The lowest BCUT2D eigenvalue weighted by Gasteiger charge is -2.20. The molecule has 5 nitrogen and oxygen atoms in total. The van der Waals surface area contributed by atoms with Crippen LogP contribution < -0.4 is 5.32 Å². The monoisotopic (exact) mass is 353 g/mol. The third-order valence-corrected chi connectivity index (χ3v) is 4.74. The van der Waals surface area contributed by atoms with Crippen molar-refractivity contribution in [2.24, 2.45) is 0 Å². The predicted molar refractivity (Wildman–Crippen MR) is 105 cm³/mol.